The Morgan fingerprint density at radius 3 is 2.36 bits per heavy atom. The Labute approximate surface area is 134 Å². The van der Waals surface area contributed by atoms with Crippen LogP contribution in [0.5, 0.6) is 0 Å². The minimum absolute atomic E-state index is 0.637. The highest BCUT2D eigenvalue weighted by Crippen LogP contribution is 2.35. The lowest BCUT2D eigenvalue weighted by atomic mass is 10.1. The van der Waals surface area contributed by atoms with Crippen molar-refractivity contribution in [1.82, 2.24) is 4.90 Å². The van der Waals surface area contributed by atoms with Crippen LogP contribution < -0.4 is 5.32 Å². The van der Waals surface area contributed by atoms with E-state index in [2.05, 4.69) is 78.7 Å². The number of anilines is 1. The second-order valence-corrected chi connectivity index (χ2v) is 6.51. The lowest BCUT2D eigenvalue weighted by Crippen LogP contribution is -2.38. The normalized spacial score (nSPS) is 15.8. The molecule has 1 aliphatic carbocycles. The minimum atomic E-state index is 0.637. The molecule has 22 heavy (non-hydrogen) atoms. The van der Waals surface area contributed by atoms with Gasteiger partial charge < -0.3 is 5.32 Å². The van der Waals surface area contributed by atoms with Crippen molar-refractivity contribution in [2.75, 3.05) is 12.0 Å². The molecule has 0 amide bonds. The molecule has 0 bridgehead atoms. The average Bonchev–Trinajstić information content (AvgIpc) is 3.38. The maximum absolute atomic E-state index is 3.58. The molecule has 0 spiro atoms. The first-order valence-corrected chi connectivity index (χ1v) is 8.31. The summed E-state index contributed by atoms with van der Waals surface area (Å²) in [6.45, 7) is 6.41. The summed E-state index contributed by atoms with van der Waals surface area (Å²) in [5, 5.41) is 3.58. The lowest BCUT2D eigenvalue weighted by Gasteiger charge is -2.30. The van der Waals surface area contributed by atoms with Crippen LogP contribution in [0, 0.1) is 12.8 Å². The zero-order valence-electron chi connectivity index (χ0n) is 13.6. The van der Waals surface area contributed by atoms with Gasteiger partial charge in [-0.05, 0) is 50.3 Å². The van der Waals surface area contributed by atoms with Crippen LogP contribution in [0.2, 0.25) is 0 Å². The van der Waals surface area contributed by atoms with Crippen molar-refractivity contribution in [3.8, 4) is 0 Å². The smallest absolute Gasteiger partial charge is 0.0683 e. The third kappa shape index (κ3) is 4.11. The number of aryl methyl sites for hydroxylation is 1. The Hall–Kier alpha value is -1.80. The van der Waals surface area contributed by atoms with E-state index in [1.54, 1.807) is 0 Å². The van der Waals surface area contributed by atoms with E-state index in [1.807, 2.05) is 0 Å². The van der Waals surface area contributed by atoms with E-state index >= 15 is 0 Å². The fraction of sp³-hybridized carbons (Fsp3) is 0.400. The van der Waals surface area contributed by atoms with Crippen LogP contribution in [-0.4, -0.2) is 17.6 Å². The highest BCUT2D eigenvalue weighted by molar-refractivity contribution is 5.44. The van der Waals surface area contributed by atoms with Gasteiger partial charge in [-0.15, -0.1) is 0 Å². The SMILES string of the molecule is Cc1ccc(NCN(Cc2ccccc2)[C@@H](C)C2CC2)cc1. The first kappa shape index (κ1) is 15.1. The highest BCUT2D eigenvalue weighted by Gasteiger charge is 2.31. The molecule has 2 nitrogen and oxygen atoms in total. The van der Waals surface area contributed by atoms with E-state index in [0.717, 1.165) is 19.1 Å². The van der Waals surface area contributed by atoms with E-state index in [0.29, 0.717) is 6.04 Å². The summed E-state index contributed by atoms with van der Waals surface area (Å²) in [5.41, 5.74) is 3.89. The van der Waals surface area contributed by atoms with Crippen molar-refractivity contribution in [1.29, 1.82) is 0 Å². The van der Waals surface area contributed by atoms with Gasteiger partial charge in [-0.25, -0.2) is 0 Å². The molecule has 0 heterocycles. The van der Waals surface area contributed by atoms with Gasteiger partial charge in [0.2, 0.25) is 0 Å². The summed E-state index contributed by atoms with van der Waals surface area (Å²) in [4.78, 5) is 2.56. The molecule has 1 saturated carbocycles. The van der Waals surface area contributed by atoms with E-state index < -0.39 is 0 Å². The van der Waals surface area contributed by atoms with Crippen molar-refractivity contribution in [2.24, 2.45) is 5.92 Å². The zero-order valence-corrected chi connectivity index (χ0v) is 13.6. The monoisotopic (exact) mass is 294 g/mol. The van der Waals surface area contributed by atoms with Crippen molar-refractivity contribution < 1.29 is 0 Å². The molecule has 116 valence electrons. The second kappa shape index (κ2) is 6.97. The maximum atomic E-state index is 3.58. The van der Waals surface area contributed by atoms with Gasteiger partial charge in [-0.2, -0.15) is 0 Å². The summed E-state index contributed by atoms with van der Waals surface area (Å²) >= 11 is 0. The van der Waals surface area contributed by atoms with E-state index in [1.165, 1.54) is 29.7 Å². The van der Waals surface area contributed by atoms with Gasteiger partial charge in [0.1, 0.15) is 0 Å². The Balaban J connectivity index is 1.64. The molecule has 0 radical (unpaired) electrons. The topological polar surface area (TPSA) is 15.3 Å². The third-order valence-electron chi connectivity index (χ3n) is 4.65. The minimum Gasteiger partial charge on any atom is -0.372 e. The number of nitrogens with one attached hydrogen (secondary N) is 1. The average molecular weight is 294 g/mol. The summed E-state index contributed by atoms with van der Waals surface area (Å²) < 4.78 is 0. The van der Waals surface area contributed by atoms with E-state index in [4.69, 9.17) is 0 Å². The first-order valence-electron chi connectivity index (χ1n) is 8.31. The van der Waals surface area contributed by atoms with Crippen LogP contribution in [0.25, 0.3) is 0 Å². The molecular formula is C20H26N2. The van der Waals surface area contributed by atoms with Gasteiger partial charge in [-0.3, -0.25) is 4.90 Å². The zero-order chi connectivity index (χ0) is 15.4. The van der Waals surface area contributed by atoms with Crippen LogP contribution in [0.1, 0.15) is 30.9 Å². The first-order chi connectivity index (χ1) is 10.7. The quantitative estimate of drug-likeness (QED) is 0.747. The molecule has 0 aliphatic heterocycles. The standard InChI is InChI=1S/C20H26N2/c1-16-8-12-20(13-9-16)21-15-22(17(2)19-10-11-19)14-18-6-4-3-5-7-18/h3-9,12-13,17,19,21H,10-11,14-15H2,1-2H3/t17-/m0/s1. The Morgan fingerprint density at radius 2 is 1.73 bits per heavy atom. The van der Waals surface area contributed by atoms with Gasteiger partial charge in [0.15, 0.2) is 0 Å². The predicted molar refractivity (Wildman–Crippen MR) is 93.8 cm³/mol. The van der Waals surface area contributed by atoms with Crippen molar-refractivity contribution in [2.45, 2.75) is 39.3 Å². The van der Waals surface area contributed by atoms with Crippen molar-refractivity contribution in [3.63, 3.8) is 0 Å². The fourth-order valence-corrected chi connectivity index (χ4v) is 2.90. The van der Waals surface area contributed by atoms with Crippen molar-refractivity contribution >= 4 is 5.69 Å². The molecule has 2 heteroatoms. The number of hydrogen-bond donors (Lipinski definition) is 1. The van der Waals surface area contributed by atoms with Gasteiger partial charge in [0.05, 0.1) is 6.67 Å². The molecule has 1 N–H and O–H groups in total. The number of benzene rings is 2. The Kier molecular flexibility index (Phi) is 4.79. The van der Waals surface area contributed by atoms with Crippen LogP contribution in [0.3, 0.4) is 0 Å². The molecule has 1 fully saturated rings. The highest BCUT2D eigenvalue weighted by atomic mass is 15.2. The lowest BCUT2D eigenvalue weighted by molar-refractivity contribution is 0.194. The number of hydrogen-bond acceptors (Lipinski definition) is 2. The largest absolute Gasteiger partial charge is 0.372 e. The summed E-state index contributed by atoms with van der Waals surface area (Å²) in [7, 11) is 0. The van der Waals surface area contributed by atoms with Gasteiger partial charge in [0, 0.05) is 18.3 Å². The predicted octanol–water partition coefficient (Wildman–Crippen LogP) is 4.67. The fourth-order valence-electron chi connectivity index (χ4n) is 2.90. The number of rotatable bonds is 7. The van der Waals surface area contributed by atoms with Crippen LogP contribution >= 0.6 is 0 Å². The summed E-state index contributed by atoms with van der Waals surface area (Å²) in [6, 6.07) is 20.1. The van der Waals surface area contributed by atoms with E-state index in [9.17, 15) is 0 Å². The molecule has 0 aromatic heterocycles. The number of nitrogens with zero attached hydrogens (tertiary/aromatic N) is 1. The molecular weight excluding hydrogens is 268 g/mol. The van der Waals surface area contributed by atoms with Crippen LogP contribution in [0.4, 0.5) is 5.69 Å². The Morgan fingerprint density at radius 1 is 1.05 bits per heavy atom. The Bertz CT molecular complexity index is 572. The molecule has 2 aromatic rings. The van der Waals surface area contributed by atoms with Crippen LogP contribution in [-0.2, 0) is 6.54 Å². The van der Waals surface area contributed by atoms with Gasteiger partial charge in [-0.1, -0.05) is 48.0 Å². The molecule has 0 saturated heterocycles. The third-order valence-corrected chi connectivity index (χ3v) is 4.65. The van der Waals surface area contributed by atoms with Crippen molar-refractivity contribution in [3.05, 3.63) is 65.7 Å². The maximum Gasteiger partial charge on any atom is 0.0683 e. The van der Waals surface area contributed by atoms with Gasteiger partial charge in [0.25, 0.3) is 0 Å². The molecule has 3 rings (SSSR count). The van der Waals surface area contributed by atoms with E-state index in [-0.39, 0.29) is 0 Å². The summed E-state index contributed by atoms with van der Waals surface area (Å²) in [6.07, 6.45) is 2.77. The second-order valence-electron chi connectivity index (χ2n) is 6.51. The molecule has 0 unspecified atom stereocenters. The summed E-state index contributed by atoms with van der Waals surface area (Å²) in [5.74, 6) is 0.878. The van der Waals surface area contributed by atoms with Crippen LogP contribution in [0.15, 0.2) is 54.6 Å². The molecule has 1 aliphatic rings. The molecule has 2 aromatic carbocycles. The van der Waals surface area contributed by atoms with Gasteiger partial charge >= 0.3 is 0 Å². The molecule has 1 atom stereocenters.